The first-order valence-corrected chi connectivity index (χ1v) is 3.51. The Kier molecular flexibility index (Phi) is 7.34. The van der Waals surface area contributed by atoms with Crippen LogP contribution in [0, 0.1) is 0 Å². The van der Waals surface area contributed by atoms with Crippen molar-refractivity contribution in [2.24, 2.45) is 5.73 Å². The van der Waals surface area contributed by atoms with Crippen LogP contribution in [-0.4, -0.2) is 29.0 Å². The second-order valence-electron chi connectivity index (χ2n) is 2.51. The van der Waals surface area contributed by atoms with E-state index in [0.29, 0.717) is 11.8 Å². The maximum atomic E-state index is 5.43. The Balaban J connectivity index is 0. The lowest BCUT2D eigenvalue weighted by Gasteiger charge is -2.10. The molecule has 0 aromatic carbocycles. The SMILES string of the molecule is CN(C)c1nc(N)nc(CN)n1.Cl.Cl. The molecule has 0 fully saturated rings. The third-order valence-electron chi connectivity index (χ3n) is 1.27. The molecule has 0 radical (unpaired) electrons. The maximum absolute atomic E-state index is 5.43. The van der Waals surface area contributed by atoms with Crippen LogP contribution in [0.2, 0.25) is 0 Å². The van der Waals surface area contributed by atoms with E-state index in [1.165, 1.54) is 0 Å². The van der Waals surface area contributed by atoms with Crippen LogP contribution in [0.4, 0.5) is 11.9 Å². The number of aromatic nitrogens is 3. The van der Waals surface area contributed by atoms with Crippen LogP contribution in [0.1, 0.15) is 5.82 Å². The average molecular weight is 241 g/mol. The van der Waals surface area contributed by atoms with Gasteiger partial charge in [-0.1, -0.05) is 0 Å². The quantitative estimate of drug-likeness (QED) is 0.746. The maximum Gasteiger partial charge on any atom is 0.229 e. The molecule has 82 valence electrons. The Morgan fingerprint density at radius 2 is 1.71 bits per heavy atom. The van der Waals surface area contributed by atoms with Gasteiger partial charge in [0.25, 0.3) is 0 Å². The van der Waals surface area contributed by atoms with Gasteiger partial charge >= 0.3 is 0 Å². The summed E-state index contributed by atoms with van der Waals surface area (Å²) < 4.78 is 0. The lowest BCUT2D eigenvalue weighted by Crippen LogP contribution is -2.17. The highest BCUT2D eigenvalue weighted by atomic mass is 35.5. The van der Waals surface area contributed by atoms with Crippen molar-refractivity contribution in [3.63, 3.8) is 0 Å². The summed E-state index contributed by atoms with van der Waals surface area (Å²) in [7, 11) is 3.66. The Morgan fingerprint density at radius 3 is 2.14 bits per heavy atom. The Labute approximate surface area is 94.9 Å². The van der Waals surface area contributed by atoms with Crippen molar-refractivity contribution in [3.8, 4) is 0 Å². The van der Waals surface area contributed by atoms with Crippen molar-refractivity contribution in [3.05, 3.63) is 5.82 Å². The number of hydrogen-bond donors (Lipinski definition) is 2. The van der Waals surface area contributed by atoms with Crippen LogP contribution >= 0.6 is 24.8 Å². The predicted molar refractivity (Wildman–Crippen MR) is 61.0 cm³/mol. The molecule has 1 heterocycles. The number of nitrogens with two attached hydrogens (primary N) is 2. The van der Waals surface area contributed by atoms with Gasteiger partial charge < -0.3 is 16.4 Å². The van der Waals surface area contributed by atoms with Crippen LogP contribution in [0.25, 0.3) is 0 Å². The van der Waals surface area contributed by atoms with E-state index in [0.717, 1.165) is 0 Å². The Morgan fingerprint density at radius 1 is 1.14 bits per heavy atom. The second kappa shape index (κ2) is 6.58. The second-order valence-corrected chi connectivity index (χ2v) is 2.51. The van der Waals surface area contributed by atoms with E-state index in [2.05, 4.69) is 15.0 Å². The lowest BCUT2D eigenvalue weighted by atomic mass is 10.6. The van der Waals surface area contributed by atoms with Crippen LogP contribution in [-0.2, 0) is 6.54 Å². The van der Waals surface area contributed by atoms with E-state index in [1.807, 2.05) is 14.1 Å². The van der Waals surface area contributed by atoms with Crippen LogP contribution in [0.3, 0.4) is 0 Å². The summed E-state index contributed by atoms with van der Waals surface area (Å²) >= 11 is 0. The molecule has 8 heteroatoms. The van der Waals surface area contributed by atoms with E-state index in [-0.39, 0.29) is 37.3 Å². The Bertz CT molecular complexity index is 279. The van der Waals surface area contributed by atoms with Crippen LogP contribution < -0.4 is 16.4 Å². The fourth-order valence-corrected chi connectivity index (χ4v) is 0.716. The smallest absolute Gasteiger partial charge is 0.229 e. The summed E-state index contributed by atoms with van der Waals surface area (Å²) in [6, 6.07) is 0. The molecule has 1 aromatic heterocycles. The zero-order valence-corrected chi connectivity index (χ0v) is 9.60. The minimum Gasteiger partial charge on any atom is -0.368 e. The fourth-order valence-electron chi connectivity index (χ4n) is 0.716. The third kappa shape index (κ3) is 3.91. The summed E-state index contributed by atoms with van der Waals surface area (Å²) in [4.78, 5) is 13.5. The van der Waals surface area contributed by atoms with Crippen molar-refractivity contribution in [1.29, 1.82) is 0 Å². The molecule has 6 nitrogen and oxygen atoms in total. The van der Waals surface area contributed by atoms with Crippen LogP contribution in [0.15, 0.2) is 0 Å². The van der Waals surface area contributed by atoms with Gasteiger partial charge in [0.05, 0.1) is 6.54 Å². The zero-order chi connectivity index (χ0) is 9.14. The molecule has 0 unspecified atom stereocenters. The first-order valence-electron chi connectivity index (χ1n) is 3.51. The first-order chi connectivity index (χ1) is 5.63. The van der Waals surface area contributed by atoms with Gasteiger partial charge in [-0.3, -0.25) is 0 Å². The molecule has 0 bridgehead atoms. The van der Waals surface area contributed by atoms with Gasteiger partial charge in [0.15, 0.2) is 0 Å². The van der Waals surface area contributed by atoms with E-state index >= 15 is 0 Å². The average Bonchev–Trinajstić information content (AvgIpc) is 2.03. The molecule has 0 saturated carbocycles. The van der Waals surface area contributed by atoms with Crippen molar-refractivity contribution < 1.29 is 0 Å². The topological polar surface area (TPSA) is 94.0 Å². The summed E-state index contributed by atoms with van der Waals surface area (Å²) in [5, 5.41) is 0. The molecule has 0 saturated heterocycles. The monoisotopic (exact) mass is 240 g/mol. The number of nitrogens with zero attached hydrogens (tertiary/aromatic N) is 4. The van der Waals surface area contributed by atoms with E-state index in [9.17, 15) is 0 Å². The highest BCUT2D eigenvalue weighted by Gasteiger charge is 2.03. The number of hydrogen-bond acceptors (Lipinski definition) is 6. The summed E-state index contributed by atoms with van der Waals surface area (Å²) in [5.74, 6) is 1.24. The largest absolute Gasteiger partial charge is 0.368 e. The number of halogens is 2. The van der Waals surface area contributed by atoms with Gasteiger partial charge in [0, 0.05) is 14.1 Å². The minimum absolute atomic E-state index is 0. The van der Waals surface area contributed by atoms with Gasteiger partial charge in [-0.05, 0) is 0 Å². The fraction of sp³-hybridized carbons (Fsp3) is 0.500. The van der Waals surface area contributed by atoms with Gasteiger partial charge in [-0.25, -0.2) is 0 Å². The molecule has 4 N–H and O–H groups in total. The van der Waals surface area contributed by atoms with E-state index in [4.69, 9.17) is 11.5 Å². The minimum atomic E-state index is 0. The molecule has 1 aromatic rings. The molecule has 0 aliphatic rings. The van der Waals surface area contributed by atoms with Crippen molar-refractivity contribution in [2.75, 3.05) is 24.7 Å². The first kappa shape index (κ1) is 15.6. The highest BCUT2D eigenvalue weighted by molar-refractivity contribution is 5.85. The molecular weight excluding hydrogens is 227 g/mol. The molecule has 14 heavy (non-hydrogen) atoms. The molecule has 0 aliphatic carbocycles. The van der Waals surface area contributed by atoms with E-state index in [1.54, 1.807) is 4.90 Å². The summed E-state index contributed by atoms with van der Waals surface area (Å²) in [5.41, 5.74) is 10.8. The van der Waals surface area contributed by atoms with Gasteiger partial charge in [-0.15, -0.1) is 24.8 Å². The van der Waals surface area contributed by atoms with E-state index < -0.39 is 0 Å². The Hall–Kier alpha value is -0.850. The highest BCUT2D eigenvalue weighted by Crippen LogP contribution is 2.04. The molecule has 0 amide bonds. The summed E-state index contributed by atoms with van der Waals surface area (Å²) in [6.45, 7) is 0.271. The third-order valence-corrected chi connectivity index (χ3v) is 1.27. The molecular formula is C6H14Cl2N6. The lowest BCUT2D eigenvalue weighted by molar-refractivity contribution is 0.860. The normalized spacial score (nSPS) is 8.50. The van der Waals surface area contributed by atoms with Gasteiger partial charge in [-0.2, -0.15) is 15.0 Å². The van der Waals surface area contributed by atoms with Crippen molar-refractivity contribution in [2.45, 2.75) is 6.54 Å². The zero-order valence-electron chi connectivity index (χ0n) is 7.97. The molecule has 1 rings (SSSR count). The van der Waals surface area contributed by atoms with Gasteiger partial charge in [0.1, 0.15) is 5.82 Å². The molecule has 0 spiro atoms. The number of rotatable bonds is 2. The summed E-state index contributed by atoms with van der Waals surface area (Å²) in [6.07, 6.45) is 0. The van der Waals surface area contributed by atoms with Crippen LogP contribution in [0.5, 0.6) is 0 Å². The molecule has 0 aliphatic heterocycles. The number of nitrogen functional groups attached to an aromatic ring is 1. The standard InChI is InChI=1S/C6H12N6.2ClH/c1-12(2)6-10-4(3-7)9-5(8)11-6;;/h3,7H2,1-2H3,(H2,8,9,10,11);2*1H. The predicted octanol–water partition coefficient (Wildman–Crippen LogP) is -0.178. The molecule has 0 atom stereocenters. The van der Waals surface area contributed by atoms with Gasteiger partial charge in [0.2, 0.25) is 11.9 Å². The van der Waals surface area contributed by atoms with Crippen molar-refractivity contribution in [1.82, 2.24) is 15.0 Å². The van der Waals surface area contributed by atoms with Crippen molar-refractivity contribution >= 4 is 36.7 Å². The number of anilines is 2.